The van der Waals surface area contributed by atoms with E-state index in [0.29, 0.717) is 0 Å². The van der Waals surface area contributed by atoms with Gasteiger partial charge in [-0.2, -0.15) is 0 Å². The Morgan fingerprint density at radius 1 is 1.29 bits per heavy atom. The molecule has 80 valence electrons. The summed E-state index contributed by atoms with van der Waals surface area (Å²) >= 11 is 5.32. The van der Waals surface area contributed by atoms with Gasteiger partial charge in [-0.1, -0.05) is 22.9 Å². The van der Waals surface area contributed by atoms with Gasteiger partial charge in [0.25, 0.3) is 0 Å². The zero-order valence-corrected chi connectivity index (χ0v) is 11.4. The molecule has 1 rings (SSSR count). The van der Waals surface area contributed by atoms with Crippen LogP contribution in [-0.4, -0.2) is 18.1 Å². The van der Waals surface area contributed by atoms with Gasteiger partial charge in [-0.25, -0.2) is 4.98 Å². The molecule has 0 bridgehead atoms. The summed E-state index contributed by atoms with van der Waals surface area (Å²) in [6, 6.07) is 0. The van der Waals surface area contributed by atoms with E-state index in [1.807, 2.05) is 11.3 Å². The first-order valence-corrected chi connectivity index (χ1v) is 7.00. The van der Waals surface area contributed by atoms with Gasteiger partial charge >= 0.3 is 0 Å². The van der Waals surface area contributed by atoms with Crippen molar-refractivity contribution in [3.8, 4) is 0 Å². The Labute approximate surface area is 98.5 Å². The Hall–Kier alpha value is -0.0900. The summed E-state index contributed by atoms with van der Waals surface area (Å²) < 4.78 is 0. The predicted octanol–water partition coefficient (Wildman–Crippen LogP) is 3.45. The summed E-state index contributed by atoms with van der Waals surface area (Å²) in [5, 5.41) is 2.09. The molecule has 0 unspecified atom stereocenters. The van der Waals surface area contributed by atoms with Gasteiger partial charge in [-0.15, -0.1) is 11.3 Å². The molecular formula is C10H17BrN2S. The van der Waals surface area contributed by atoms with E-state index in [1.165, 1.54) is 15.7 Å². The van der Waals surface area contributed by atoms with Crippen LogP contribution in [-0.2, 0) is 11.8 Å². The SMILES string of the molecule is CCc1nc(N(CC)CC)sc1CBr. The summed E-state index contributed by atoms with van der Waals surface area (Å²) in [4.78, 5) is 8.33. The lowest BCUT2D eigenvalue weighted by atomic mass is 10.3. The van der Waals surface area contributed by atoms with Crippen molar-refractivity contribution in [2.45, 2.75) is 32.5 Å². The number of nitrogens with zero attached hydrogens (tertiary/aromatic N) is 2. The van der Waals surface area contributed by atoms with Crippen LogP contribution in [0.15, 0.2) is 0 Å². The van der Waals surface area contributed by atoms with E-state index in [-0.39, 0.29) is 0 Å². The molecule has 1 aromatic rings. The van der Waals surface area contributed by atoms with E-state index in [9.17, 15) is 0 Å². The molecule has 0 saturated heterocycles. The summed E-state index contributed by atoms with van der Waals surface area (Å²) in [5.41, 5.74) is 1.24. The highest BCUT2D eigenvalue weighted by Gasteiger charge is 2.11. The zero-order chi connectivity index (χ0) is 10.6. The molecular weight excluding hydrogens is 260 g/mol. The van der Waals surface area contributed by atoms with Crippen LogP contribution in [0.5, 0.6) is 0 Å². The molecule has 0 N–H and O–H groups in total. The monoisotopic (exact) mass is 276 g/mol. The van der Waals surface area contributed by atoms with E-state index in [0.717, 1.165) is 24.8 Å². The second kappa shape index (κ2) is 5.71. The fourth-order valence-electron chi connectivity index (χ4n) is 1.38. The van der Waals surface area contributed by atoms with Gasteiger partial charge in [0.15, 0.2) is 5.13 Å². The fraction of sp³-hybridized carbons (Fsp3) is 0.700. The third kappa shape index (κ3) is 2.48. The minimum absolute atomic E-state index is 0.926. The van der Waals surface area contributed by atoms with Crippen LogP contribution >= 0.6 is 27.3 Å². The van der Waals surface area contributed by atoms with Crippen LogP contribution in [0, 0.1) is 0 Å². The lowest BCUT2D eigenvalue weighted by Crippen LogP contribution is -2.21. The highest BCUT2D eigenvalue weighted by atomic mass is 79.9. The highest BCUT2D eigenvalue weighted by Crippen LogP contribution is 2.28. The number of aromatic nitrogens is 1. The molecule has 4 heteroatoms. The minimum Gasteiger partial charge on any atom is -0.349 e. The smallest absolute Gasteiger partial charge is 0.185 e. The summed E-state index contributed by atoms with van der Waals surface area (Å²) in [7, 11) is 0. The van der Waals surface area contributed by atoms with Crippen LogP contribution in [0.4, 0.5) is 5.13 Å². The van der Waals surface area contributed by atoms with Gasteiger partial charge in [-0.05, 0) is 20.3 Å². The van der Waals surface area contributed by atoms with Crippen molar-refractivity contribution in [2.24, 2.45) is 0 Å². The summed E-state index contributed by atoms with van der Waals surface area (Å²) in [6.45, 7) is 8.58. The average Bonchev–Trinajstić information content (AvgIpc) is 2.63. The average molecular weight is 277 g/mol. The third-order valence-corrected chi connectivity index (χ3v) is 4.35. The fourth-order valence-corrected chi connectivity index (χ4v) is 3.17. The molecule has 1 heterocycles. The molecule has 0 aliphatic carbocycles. The molecule has 0 aliphatic rings. The van der Waals surface area contributed by atoms with Crippen molar-refractivity contribution < 1.29 is 0 Å². The first-order chi connectivity index (χ1) is 6.76. The first kappa shape index (κ1) is 12.0. The Kier molecular flexibility index (Phi) is 4.89. The second-order valence-electron chi connectivity index (χ2n) is 3.03. The minimum atomic E-state index is 0.926. The first-order valence-electron chi connectivity index (χ1n) is 5.06. The number of rotatable bonds is 5. The van der Waals surface area contributed by atoms with Gasteiger partial charge < -0.3 is 4.90 Å². The number of halogens is 1. The van der Waals surface area contributed by atoms with E-state index < -0.39 is 0 Å². The molecule has 0 aromatic carbocycles. The number of aryl methyl sites for hydroxylation is 1. The predicted molar refractivity (Wildman–Crippen MR) is 67.7 cm³/mol. The van der Waals surface area contributed by atoms with Crippen molar-refractivity contribution in [1.29, 1.82) is 0 Å². The Morgan fingerprint density at radius 2 is 1.93 bits per heavy atom. The quantitative estimate of drug-likeness (QED) is 0.766. The van der Waals surface area contributed by atoms with Gasteiger partial charge in [0, 0.05) is 23.3 Å². The maximum absolute atomic E-state index is 4.66. The molecule has 0 saturated carbocycles. The molecule has 14 heavy (non-hydrogen) atoms. The van der Waals surface area contributed by atoms with Crippen molar-refractivity contribution in [1.82, 2.24) is 4.98 Å². The lowest BCUT2D eigenvalue weighted by Gasteiger charge is -2.16. The Balaban J connectivity index is 2.93. The van der Waals surface area contributed by atoms with Crippen molar-refractivity contribution in [3.05, 3.63) is 10.6 Å². The summed E-state index contributed by atoms with van der Waals surface area (Å²) in [5.74, 6) is 0. The molecule has 0 spiro atoms. The van der Waals surface area contributed by atoms with Gasteiger partial charge in [0.1, 0.15) is 0 Å². The third-order valence-electron chi connectivity index (χ3n) is 2.26. The molecule has 0 fully saturated rings. The highest BCUT2D eigenvalue weighted by molar-refractivity contribution is 9.08. The summed E-state index contributed by atoms with van der Waals surface area (Å²) in [6.07, 6.45) is 1.03. The van der Waals surface area contributed by atoms with Crippen molar-refractivity contribution >= 4 is 32.4 Å². The van der Waals surface area contributed by atoms with Crippen LogP contribution in [0.1, 0.15) is 31.3 Å². The standard InChI is InChI=1S/C10H17BrN2S/c1-4-8-9(7-11)14-10(12-8)13(5-2)6-3/h4-7H2,1-3H3. The van der Waals surface area contributed by atoms with E-state index in [4.69, 9.17) is 0 Å². The normalized spacial score (nSPS) is 10.6. The Bertz CT molecular complexity index is 260. The Morgan fingerprint density at radius 3 is 2.29 bits per heavy atom. The lowest BCUT2D eigenvalue weighted by molar-refractivity contribution is 0.853. The molecule has 0 aliphatic heterocycles. The largest absolute Gasteiger partial charge is 0.349 e. The molecule has 0 atom stereocenters. The van der Waals surface area contributed by atoms with E-state index in [1.54, 1.807) is 0 Å². The van der Waals surface area contributed by atoms with Crippen LogP contribution in [0.2, 0.25) is 0 Å². The second-order valence-corrected chi connectivity index (χ2v) is 4.65. The van der Waals surface area contributed by atoms with Crippen molar-refractivity contribution in [3.63, 3.8) is 0 Å². The molecule has 0 amide bonds. The van der Waals surface area contributed by atoms with Gasteiger partial charge in [0.05, 0.1) is 5.69 Å². The maximum Gasteiger partial charge on any atom is 0.185 e. The number of hydrogen-bond acceptors (Lipinski definition) is 3. The zero-order valence-electron chi connectivity index (χ0n) is 9.01. The van der Waals surface area contributed by atoms with Crippen LogP contribution in [0.3, 0.4) is 0 Å². The van der Waals surface area contributed by atoms with Crippen LogP contribution < -0.4 is 4.90 Å². The maximum atomic E-state index is 4.66. The number of anilines is 1. The van der Waals surface area contributed by atoms with E-state index in [2.05, 4.69) is 46.6 Å². The van der Waals surface area contributed by atoms with Crippen LogP contribution in [0.25, 0.3) is 0 Å². The van der Waals surface area contributed by atoms with E-state index >= 15 is 0 Å². The molecule has 0 radical (unpaired) electrons. The number of thiazole rings is 1. The topological polar surface area (TPSA) is 16.1 Å². The number of alkyl halides is 1. The number of hydrogen-bond donors (Lipinski definition) is 0. The van der Waals surface area contributed by atoms with Crippen molar-refractivity contribution in [2.75, 3.05) is 18.0 Å². The van der Waals surface area contributed by atoms with Gasteiger partial charge in [-0.3, -0.25) is 0 Å². The molecule has 2 nitrogen and oxygen atoms in total. The van der Waals surface area contributed by atoms with Gasteiger partial charge in [0.2, 0.25) is 0 Å². The molecule has 1 aromatic heterocycles.